The molecule has 0 bridgehead atoms. The number of hydrogen-bond donors (Lipinski definition) is 2. The third-order valence-corrected chi connectivity index (χ3v) is 5.45. The first-order chi connectivity index (χ1) is 11.7. The molecule has 1 aromatic heterocycles. The van der Waals surface area contributed by atoms with Crippen LogP contribution in [0.5, 0.6) is 0 Å². The van der Waals surface area contributed by atoms with Crippen LogP contribution in [-0.4, -0.2) is 47.9 Å². The van der Waals surface area contributed by atoms with Gasteiger partial charge in [0.15, 0.2) is 5.96 Å². The second-order valence-electron chi connectivity index (χ2n) is 6.47. The van der Waals surface area contributed by atoms with Gasteiger partial charge < -0.3 is 19.9 Å². The van der Waals surface area contributed by atoms with Crippen molar-refractivity contribution in [3.05, 3.63) is 18.7 Å². The van der Waals surface area contributed by atoms with Gasteiger partial charge in [-0.25, -0.2) is 4.98 Å². The predicted molar refractivity (Wildman–Crippen MR) is 114 cm³/mol. The van der Waals surface area contributed by atoms with E-state index in [4.69, 9.17) is 4.74 Å². The van der Waals surface area contributed by atoms with E-state index in [0.29, 0.717) is 12.1 Å². The van der Waals surface area contributed by atoms with Gasteiger partial charge in [-0.1, -0.05) is 13.8 Å². The van der Waals surface area contributed by atoms with Gasteiger partial charge in [0.1, 0.15) is 0 Å². The highest BCUT2D eigenvalue weighted by atomic mass is 127. The number of nitrogens with one attached hydrogen (secondary N) is 2. The van der Waals surface area contributed by atoms with Gasteiger partial charge >= 0.3 is 0 Å². The standard InChI is InChI=1S/C18H33N5O.HI/c1-5-18(6-2)15(13-16(18)24-7-3)22-17(19-4)21-9-8-11-23-12-10-20-14-23;/h10,12,14-16H,5-9,11,13H2,1-4H3,(H2,19,21,22);1H. The molecule has 7 heteroatoms. The van der Waals surface area contributed by atoms with Crippen molar-refractivity contribution in [1.29, 1.82) is 0 Å². The van der Waals surface area contributed by atoms with E-state index in [1.165, 1.54) is 0 Å². The molecule has 2 rings (SSSR count). The second kappa shape index (κ2) is 11.0. The molecule has 2 atom stereocenters. The van der Waals surface area contributed by atoms with Crippen LogP contribution in [0.25, 0.3) is 0 Å². The zero-order valence-electron chi connectivity index (χ0n) is 16.0. The number of halogens is 1. The van der Waals surface area contributed by atoms with Crippen LogP contribution in [0.3, 0.4) is 0 Å². The van der Waals surface area contributed by atoms with Gasteiger partial charge in [-0.3, -0.25) is 4.99 Å². The van der Waals surface area contributed by atoms with Gasteiger partial charge in [-0.2, -0.15) is 0 Å². The van der Waals surface area contributed by atoms with E-state index in [9.17, 15) is 0 Å². The molecule has 1 heterocycles. The second-order valence-corrected chi connectivity index (χ2v) is 6.47. The van der Waals surface area contributed by atoms with Gasteiger partial charge in [-0.05, 0) is 32.6 Å². The summed E-state index contributed by atoms with van der Waals surface area (Å²) in [4.78, 5) is 8.45. The Labute approximate surface area is 169 Å². The van der Waals surface area contributed by atoms with Crippen LogP contribution >= 0.6 is 24.0 Å². The Morgan fingerprint density at radius 3 is 2.68 bits per heavy atom. The summed E-state index contributed by atoms with van der Waals surface area (Å²) in [6.07, 6.45) is 10.4. The van der Waals surface area contributed by atoms with Crippen molar-refractivity contribution in [1.82, 2.24) is 20.2 Å². The quantitative estimate of drug-likeness (QED) is 0.256. The molecule has 0 radical (unpaired) electrons. The van der Waals surface area contributed by atoms with Crippen molar-refractivity contribution in [2.75, 3.05) is 20.2 Å². The van der Waals surface area contributed by atoms with E-state index in [-0.39, 0.29) is 29.4 Å². The predicted octanol–water partition coefficient (Wildman–Crippen LogP) is 3.04. The van der Waals surface area contributed by atoms with Gasteiger partial charge in [0, 0.05) is 50.6 Å². The fourth-order valence-corrected chi connectivity index (χ4v) is 3.83. The summed E-state index contributed by atoms with van der Waals surface area (Å²) < 4.78 is 8.04. The number of nitrogens with zero attached hydrogens (tertiary/aromatic N) is 3. The molecule has 1 aliphatic carbocycles. The summed E-state index contributed by atoms with van der Waals surface area (Å²) in [5.74, 6) is 0.895. The normalized spacial score (nSPS) is 22.0. The molecule has 0 spiro atoms. The number of guanidine groups is 1. The van der Waals surface area contributed by atoms with E-state index in [2.05, 4.69) is 45.9 Å². The number of hydrogen-bond acceptors (Lipinski definition) is 3. The van der Waals surface area contributed by atoms with Crippen molar-refractivity contribution in [3.8, 4) is 0 Å². The highest BCUT2D eigenvalue weighted by molar-refractivity contribution is 14.0. The van der Waals surface area contributed by atoms with Gasteiger partial charge in [-0.15, -0.1) is 24.0 Å². The summed E-state index contributed by atoms with van der Waals surface area (Å²) >= 11 is 0. The largest absolute Gasteiger partial charge is 0.378 e. The third-order valence-electron chi connectivity index (χ3n) is 5.45. The SMILES string of the molecule is CCOC1CC(NC(=NC)NCCCn2ccnc2)C1(CC)CC.I. The number of aryl methyl sites for hydroxylation is 1. The van der Waals surface area contributed by atoms with Crippen LogP contribution in [0.15, 0.2) is 23.7 Å². The topological polar surface area (TPSA) is 63.5 Å². The summed E-state index contributed by atoms with van der Waals surface area (Å²) in [6.45, 7) is 9.27. The molecule has 2 unspecified atom stereocenters. The van der Waals surface area contributed by atoms with Gasteiger partial charge in [0.25, 0.3) is 0 Å². The van der Waals surface area contributed by atoms with Crippen LogP contribution in [0, 0.1) is 5.41 Å². The zero-order valence-corrected chi connectivity index (χ0v) is 18.3. The van der Waals surface area contributed by atoms with Crippen LogP contribution in [0.4, 0.5) is 0 Å². The number of aliphatic imine (C=N–C) groups is 1. The lowest BCUT2D eigenvalue weighted by molar-refractivity contribution is -0.133. The van der Waals surface area contributed by atoms with E-state index in [1.54, 1.807) is 0 Å². The van der Waals surface area contributed by atoms with E-state index >= 15 is 0 Å². The van der Waals surface area contributed by atoms with Crippen LogP contribution in [-0.2, 0) is 11.3 Å². The van der Waals surface area contributed by atoms with Crippen molar-refractivity contribution in [2.24, 2.45) is 10.4 Å². The monoisotopic (exact) mass is 463 g/mol. The lowest BCUT2D eigenvalue weighted by atomic mass is 9.58. The Balaban J connectivity index is 0.00000312. The summed E-state index contributed by atoms with van der Waals surface area (Å²) in [5.41, 5.74) is 0.227. The smallest absolute Gasteiger partial charge is 0.191 e. The lowest BCUT2D eigenvalue weighted by Crippen LogP contribution is -2.65. The molecule has 1 aromatic rings. The molecule has 0 aliphatic heterocycles. The van der Waals surface area contributed by atoms with Crippen LogP contribution < -0.4 is 10.6 Å². The average Bonchev–Trinajstić information content (AvgIpc) is 3.10. The molecule has 6 nitrogen and oxygen atoms in total. The summed E-state index contributed by atoms with van der Waals surface area (Å²) in [6, 6.07) is 0.434. The maximum absolute atomic E-state index is 5.95. The Bertz CT molecular complexity index is 502. The highest BCUT2D eigenvalue weighted by Crippen LogP contribution is 2.48. The molecule has 0 aromatic carbocycles. The number of aromatic nitrogens is 2. The van der Waals surface area contributed by atoms with Crippen molar-refractivity contribution >= 4 is 29.9 Å². The maximum Gasteiger partial charge on any atom is 0.191 e. The molecular formula is C18H34IN5O. The number of imidazole rings is 1. The Hall–Kier alpha value is -0.830. The van der Waals surface area contributed by atoms with Crippen molar-refractivity contribution < 1.29 is 4.74 Å². The van der Waals surface area contributed by atoms with Gasteiger partial charge in [0.2, 0.25) is 0 Å². The van der Waals surface area contributed by atoms with Crippen molar-refractivity contribution in [3.63, 3.8) is 0 Å². The molecule has 144 valence electrons. The molecule has 1 fully saturated rings. The number of rotatable bonds is 9. The van der Waals surface area contributed by atoms with Crippen LogP contribution in [0.2, 0.25) is 0 Å². The minimum absolute atomic E-state index is 0. The Kier molecular flexibility index (Phi) is 9.78. The molecule has 0 amide bonds. The van der Waals surface area contributed by atoms with Crippen LogP contribution in [0.1, 0.15) is 46.5 Å². The maximum atomic E-state index is 5.95. The average molecular weight is 463 g/mol. The first-order valence-electron chi connectivity index (χ1n) is 9.24. The highest BCUT2D eigenvalue weighted by Gasteiger charge is 2.53. The number of ether oxygens (including phenoxy) is 1. The molecule has 0 saturated heterocycles. The minimum Gasteiger partial charge on any atom is -0.378 e. The molecular weight excluding hydrogens is 429 g/mol. The van der Waals surface area contributed by atoms with Gasteiger partial charge in [0.05, 0.1) is 12.4 Å². The Morgan fingerprint density at radius 2 is 2.12 bits per heavy atom. The van der Waals surface area contributed by atoms with Crippen molar-refractivity contribution in [2.45, 2.75) is 65.1 Å². The van der Waals surface area contributed by atoms with E-state index < -0.39 is 0 Å². The first kappa shape index (κ1) is 22.2. The first-order valence-corrected chi connectivity index (χ1v) is 9.24. The molecule has 2 N–H and O–H groups in total. The minimum atomic E-state index is 0. The summed E-state index contributed by atoms with van der Waals surface area (Å²) in [7, 11) is 1.84. The zero-order chi connectivity index (χ0) is 17.4. The lowest BCUT2D eigenvalue weighted by Gasteiger charge is -2.55. The summed E-state index contributed by atoms with van der Waals surface area (Å²) in [5, 5.41) is 7.05. The van der Waals surface area contributed by atoms with E-state index in [0.717, 1.165) is 51.3 Å². The fourth-order valence-electron chi connectivity index (χ4n) is 3.83. The molecule has 1 aliphatic rings. The Morgan fingerprint density at radius 1 is 1.36 bits per heavy atom. The van der Waals surface area contributed by atoms with E-state index in [1.807, 2.05) is 25.8 Å². The molecule has 1 saturated carbocycles. The fraction of sp³-hybridized carbons (Fsp3) is 0.778. The molecule has 25 heavy (non-hydrogen) atoms. The third kappa shape index (κ3) is 5.32.